The summed E-state index contributed by atoms with van der Waals surface area (Å²) in [6.45, 7) is 10.2. The van der Waals surface area contributed by atoms with Crippen LogP contribution in [0.1, 0.15) is 46.5 Å². The molecule has 0 radical (unpaired) electrons. The zero-order chi connectivity index (χ0) is 27.6. The Balaban J connectivity index is 1.04. The van der Waals surface area contributed by atoms with E-state index in [4.69, 9.17) is 31.5 Å². The number of piperidine rings is 1. The molecule has 0 unspecified atom stereocenters. The molecule has 0 aromatic carbocycles. The lowest BCUT2D eigenvalue weighted by Crippen LogP contribution is -2.47. The van der Waals surface area contributed by atoms with Crippen molar-refractivity contribution in [1.29, 1.82) is 0 Å². The normalized spacial score (nSPS) is 22.4. The van der Waals surface area contributed by atoms with Crippen LogP contribution in [0.4, 0.5) is 22.0 Å². The highest BCUT2D eigenvalue weighted by Gasteiger charge is 2.36. The van der Waals surface area contributed by atoms with Crippen molar-refractivity contribution in [2.24, 2.45) is 0 Å². The number of aromatic nitrogens is 3. The van der Waals surface area contributed by atoms with Gasteiger partial charge in [-0.25, -0.2) is 9.78 Å². The Morgan fingerprint density at radius 1 is 0.974 bits per heavy atom. The Hall–Kier alpha value is -3.05. The van der Waals surface area contributed by atoms with E-state index in [0.29, 0.717) is 29.9 Å². The number of hydrogen-bond donors (Lipinski definition) is 1. The Morgan fingerprint density at radius 2 is 1.67 bits per heavy atom. The van der Waals surface area contributed by atoms with Gasteiger partial charge in [0.1, 0.15) is 11.7 Å². The molecule has 0 atom stereocenters. The van der Waals surface area contributed by atoms with E-state index in [9.17, 15) is 4.79 Å². The fraction of sp³-hybridized carbons (Fsp3) is 0.630. The molecule has 1 aliphatic carbocycles. The van der Waals surface area contributed by atoms with E-state index in [-0.39, 0.29) is 24.4 Å². The maximum atomic E-state index is 12.3. The molecule has 5 rings (SSSR count). The SMILES string of the molecule is CC(C)(C)OC(=O)N1CCC(OC2CC(Oc3cc(N4CCN(c5cc(Cl)nnc5N)CC4)ccn3)C2)CC1. The molecule has 4 heterocycles. The zero-order valence-corrected chi connectivity index (χ0v) is 23.6. The molecule has 3 aliphatic rings. The number of nitrogens with zero attached hydrogens (tertiary/aromatic N) is 6. The molecule has 2 saturated heterocycles. The molecule has 2 N–H and O–H groups in total. The van der Waals surface area contributed by atoms with Crippen molar-refractivity contribution >= 4 is 34.9 Å². The molecular formula is C27H38ClN7O4. The van der Waals surface area contributed by atoms with Gasteiger partial charge in [-0.3, -0.25) is 0 Å². The average Bonchev–Trinajstić information content (AvgIpc) is 2.88. The van der Waals surface area contributed by atoms with Crippen molar-refractivity contribution in [3.63, 3.8) is 0 Å². The number of amides is 1. The molecule has 1 amide bonds. The van der Waals surface area contributed by atoms with Crippen LogP contribution in [-0.4, -0.2) is 89.4 Å². The summed E-state index contributed by atoms with van der Waals surface area (Å²) in [6.07, 6.45) is 5.37. The number of piperazine rings is 1. The van der Waals surface area contributed by atoms with Crippen LogP contribution in [0.25, 0.3) is 0 Å². The van der Waals surface area contributed by atoms with Gasteiger partial charge in [0.05, 0.1) is 17.9 Å². The highest BCUT2D eigenvalue weighted by atomic mass is 35.5. The summed E-state index contributed by atoms with van der Waals surface area (Å²) in [6, 6.07) is 5.79. The maximum Gasteiger partial charge on any atom is 0.410 e. The maximum absolute atomic E-state index is 12.3. The minimum Gasteiger partial charge on any atom is -0.474 e. The van der Waals surface area contributed by atoms with Gasteiger partial charge in [-0.15, -0.1) is 10.2 Å². The van der Waals surface area contributed by atoms with Crippen LogP contribution in [-0.2, 0) is 9.47 Å². The number of anilines is 3. The highest BCUT2D eigenvalue weighted by Crippen LogP contribution is 2.32. The lowest BCUT2D eigenvalue weighted by atomic mass is 9.91. The smallest absolute Gasteiger partial charge is 0.410 e. The minimum absolute atomic E-state index is 0.100. The number of carbonyl (C=O) groups is 1. The lowest BCUT2D eigenvalue weighted by Gasteiger charge is -2.40. The topological polar surface area (TPSA) is 119 Å². The molecule has 0 bridgehead atoms. The van der Waals surface area contributed by atoms with Gasteiger partial charge in [0, 0.05) is 76.1 Å². The largest absolute Gasteiger partial charge is 0.474 e. The number of nitrogen functional groups attached to an aromatic ring is 1. The molecule has 12 heteroatoms. The molecule has 11 nitrogen and oxygen atoms in total. The van der Waals surface area contributed by atoms with Crippen LogP contribution < -0.4 is 20.3 Å². The van der Waals surface area contributed by atoms with Gasteiger partial charge in [-0.1, -0.05) is 11.6 Å². The van der Waals surface area contributed by atoms with E-state index < -0.39 is 5.60 Å². The van der Waals surface area contributed by atoms with Crippen LogP contribution in [0.2, 0.25) is 5.15 Å². The Kier molecular flexibility index (Phi) is 8.18. The zero-order valence-electron chi connectivity index (χ0n) is 22.9. The molecule has 2 aliphatic heterocycles. The van der Waals surface area contributed by atoms with Crippen LogP contribution in [0.3, 0.4) is 0 Å². The summed E-state index contributed by atoms with van der Waals surface area (Å²) in [7, 11) is 0. The van der Waals surface area contributed by atoms with E-state index in [0.717, 1.165) is 63.2 Å². The predicted molar refractivity (Wildman–Crippen MR) is 149 cm³/mol. The number of rotatable bonds is 6. The molecule has 3 fully saturated rings. The second-order valence-electron chi connectivity index (χ2n) is 11.4. The van der Waals surface area contributed by atoms with Crippen molar-refractivity contribution in [3.8, 4) is 5.88 Å². The Morgan fingerprint density at radius 3 is 2.36 bits per heavy atom. The summed E-state index contributed by atoms with van der Waals surface area (Å²) in [5, 5.41) is 8.07. The van der Waals surface area contributed by atoms with Crippen molar-refractivity contribution < 1.29 is 19.0 Å². The molecule has 2 aromatic heterocycles. The summed E-state index contributed by atoms with van der Waals surface area (Å²) < 4.78 is 17.9. The van der Waals surface area contributed by atoms with Gasteiger partial charge in [0.2, 0.25) is 5.88 Å². The Bertz CT molecular complexity index is 1140. The van der Waals surface area contributed by atoms with Gasteiger partial charge in [-0.05, 0) is 39.7 Å². The van der Waals surface area contributed by atoms with Crippen LogP contribution in [0.15, 0.2) is 24.4 Å². The number of pyridine rings is 1. The first-order valence-electron chi connectivity index (χ1n) is 13.7. The van der Waals surface area contributed by atoms with Crippen molar-refractivity contribution in [2.45, 2.75) is 70.4 Å². The summed E-state index contributed by atoms with van der Waals surface area (Å²) in [4.78, 5) is 23.0. The lowest BCUT2D eigenvalue weighted by molar-refractivity contribution is -0.110. The molecule has 2 aromatic rings. The van der Waals surface area contributed by atoms with Crippen LogP contribution >= 0.6 is 11.6 Å². The van der Waals surface area contributed by atoms with Gasteiger partial charge in [-0.2, -0.15) is 0 Å². The first-order chi connectivity index (χ1) is 18.6. The number of halogens is 1. The quantitative estimate of drug-likeness (QED) is 0.560. The van der Waals surface area contributed by atoms with Gasteiger partial charge < -0.3 is 34.6 Å². The third kappa shape index (κ3) is 7.13. The first-order valence-corrected chi connectivity index (χ1v) is 14.1. The molecule has 212 valence electrons. The molecule has 0 spiro atoms. The van der Waals surface area contributed by atoms with Gasteiger partial charge in [0.15, 0.2) is 11.0 Å². The van der Waals surface area contributed by atoms with Gasteiger partial charge in [0.25, 0.3) is 0 Å². The third-order valence-corrected chi connectivity index (χ3v) is 7.48. The summed E-state index contributed by atoms with van der Waals surface area (Å²) >= 11 is 6.01. The monoisotopic (exact) mass is 559 g/mol. The number of hydrogen-bond acceptors (Lipinski definition) is 10. The fourth-order valence-corrected chi connectivity index (χ4v) is 5.30. The van der Waals surface area contributed by atoms with E-state index in [1.165, 1.54) is 0 Å². The second kappa shape index (κ2) is 11.6. The summed E-state index contributed by atoms with van der Waals surface area (Å²) in [5.41, 5.74) is 7.44. The molecule has 39 heavy (non-hydrogen) atoms. The minimum atomic E-state index is -0.475. The molecular weight excluding hydrogens is 522 g/mol. The number of carbonyl (C=O) groups excluding carboxylic acids is 1. The fourth-order valence-electron chi connectivity index (χ4n) is 5.16. The van der Waals surface area contributed by atoms with Crippen LogP contribution in [0.5, 0.6) is 5.88 Å². The third-order valence-electron chi connectivity index (χ3n) is 7.29. The predicted octanol–water partition coefficient (Wildman–Crippen LogP) is 3.76. The van der Waals surface area contributed by atoms with E-state index in [1.807, 2.05) is 32.9 Å². The Labute approximate surface area is 234 Å². The number of likely N-dealkylation sites (tertiary alicyclic amines) is 1. The van der Waals surface area contributed by atoms with Gasteiger partial charge >= 0.3 is 6.09 Å². The van der Waals surface area contributed by atoms with Crippen molar-refractivity contribution in [1.82, 2.24) is 20.1 Å². The van der Waals surface area contributed by atoms with Crippen LogP contribution in [0, 0.1) is 0 Å². The number of ether oxygens (including phenoxy) is 3. The summed E-state index contributed by atoms with van der Waals surface area (Å²) in [5.74, 6) is 1.03. The van der Waals surface area contributed by atoms with Crippen molar-refractivity contribution in [2.75, 3.05) is 54.8 Å². The van der Waals surface area contributed by atoms with E-state index in [1.54, 1.807) is 17.2 Å². The first kappa shape index (κ1) is 27.5. The number of nitrogens with two attached hydrogens (primary N) is 1. The second-order valence-corrected chi connectivity index (χ2v) is 11.8. The molecule has 1 saturated carbocycles. The van der Waals surface area contributed by atoms with Crippen molar-refractivity contribution in [3.05, 3.63) is 29.5 Å². The standard InChI is InChI=1S/C27H38ClN7O4/c1-27(2,3)39-26(36)35-8-5-19(6-9-35)37-20-15-21(16-20)38-24-14-18(4-7-30-24)33-10-12-34(13-11-33)22-17-23(28)31-32-25(22)29/h4,7,14,17,19-21H,5-6,8-13,15-16H2,1-3H3,(H2,29,32). The highest BCUT2D eigenvalue weighted by molar-refractivity contribution is 6.29. The van der Waals surface area contributed by atoms with E-state index >= 15 is 0 Å². The van der Waals surface area contributed by atoms with E-state index in [2.05, 4.69) is 25.0 Å². The average molecular weight is 560 g/mol.